The lowest BCUT2D eigenvalue weighted by atomic mass is 10.1. The van der Waals surface area contributed by atoms with Crippen LogP contribution in [0.5, 0.6) is 0 Å². The Labute approximate surface area is 128 Å². The molecule has 7 heteroatoms. The van der Waals surface area contributed by atoms with Crippen molar-refractivity contribution in [2.24, 2.45) is 0 Å². The topological polar surface area (TPSA) is 50.3 Å². The van der Waals surface area contributed by atoms with Gasteiger partial charge in [-0.25, -0.2) is 17.8 Å². The molecule has 0 saturated heterocycles. The Kier molecular flexibility index (Phi) is 4.61. The largest absolute Gasteiger partial charge is 0.244 e. The van der Waals surface area contributed by atoms with Crippen LogP contribution in [0.25, 0.3) is 0 Å². The predicted octanol–water partition coefficient (Wildman–Crippen LogP) is 3.26. The zero-order chi connectivity index (χ0) is 15.6. The van der Waals surface area contributed by atoms with Crippen molar-refractivity contribution in [3.63, 3.8) is 0 Å². The van der Waals surface area contributed by atoms with Crippen LogP contribution in [-0.4, -0.2) is 24.8 Å². The Bertz CT molecular complexity index is 735. The third kappa shape index (κ3) is 3.23. The van der Waals surface area contributed by atoms with Gasteiger partial charge in [0.1, 0.15) is 15.9 Å². The Morgan fingerprint density at radius 3 is 2.48 bits per heavy atom. The summed E-state index contributed by atoms with van der Waals surface area (Å²) in [5.74, 6) is -0.443. The van der Waals surface area contributed by atoms with Crippen LogP contribution in [0.15, 0.2) is 47.5 Å². The van der Waals surface area contributed by atoms with Gasteiger partial charge in [-0.3, -0.25) is 0 Å². The van der Waals surface area contributed by atoms with Crippen molar-refractivity contribution in [3.8, 4) is 0 Å². The monoisotopic (exact) mass is 328 g/mol. The molecule has 1 aromatic heterocycles. The van der Waals surface area contributed by atoms with Gasteiger partial charge in [-0.1, -0.05) is 29.8 Å². The first-order chi connectivity index (χ1) is 9.84. The van der Waals surface area contributed by atoms with Gasteiger partial charge in [-0.05, 0) is 25.1 Å². The van der Waals surface area contributed by atoms with E-state index >= 15 is 0 Å². The Morgan fingerprint density at radius 2 is 1.90 bits per heavy atom. The molecule has 1 unspecified atom stereocenters. The lowest BCUT2D eigenvalue weighted by Gasteiger charge is -2.24. The highest BCUT2D eigenvalue weighted by atomic mass is 35.5. The van der Waals surface area contributed by atoms with Crippen LogP contribution in [0.4, 0.5) is 4.39 Å². The fourth-order valence-electron chi connectivity index (χ4n) is 1.90. The van der Waals surface area contributed by atoms with Gasteiger partial charge in [0.15, 0.2) is 0 Å². The molecule has 0 aliphatic heterocycles. The van der Waals surface area contributed by atoms with Crippen LogP contribution in [0, 0.1) is 5.82 Å². The maximum absolute atomic E-state index is 13.8. The highest BCUT2D eigenvalue weighted by Crippen LogP contribution is 2.27. The Hall–Kier alpha value is -1.50. The van der Waals surface area contributed by atoms with E-state index < -0.39 is 21.9 Å². The standard InChI is InChI=1S/C14H14ClFN2O2S/c1-10(12-5-3-4-6-13(12)16)18(2)21(19,20)11-7-8-14(15)17-9-11/h3-10H,1-2H3. The molecule has 0 spiro atoms. The van der Waals surface area contributed by atoms with Crippen molar-refractivity contribution >= 4 is 21.6 Å². The SMILES string of the molecule is CC(c1ccccc1F)N(C)S(=O)(=O)c1ccc(Cl)nc1. The number of aromatic nitrogens is 1. The molecule has 0 fully saturated rings. The molecule has 2 rings (SSSR count). The number of nitrogens with zero attached hydrogens (tertiary/aromatic N) is 2. The van der Waals surface area contributed by atoms with Crippen LogP contribution in [0.1, 0.15) is 18.5 Å². The molecular weight excluding hydrogens is 315 g/mol. The number of sulfonamides is 1. The summed E-state index contributed by atoms with van der Waals surface area (Å²) in [4.78, 5) is 3.77. The maximum Gasteiger partial charge on any atom is 0.244 e. The van der Waals surface area contributed by atoms with Crippen LogP contribution in [-0.2, 0) is 10.0 Å². The van der Waals surface area contributed by atoms with E-state index in [0.717, 1.165) is 4.31 Å². The van der Waals surface area contributed by atoms with Crippen molar-refractivity contribution in [1.29, 1.82) is 0 Å². The van der Waals surface area contributed by atoms with Gasteiger partial charge >= 0.3 is 0 Å². The van der Waals surface area contributed by atoms with E-state index in [2.05, 4.69) is 4.98 Å². The number of pyridine rings is 1. The van der Waals surface area contributed by atoms with Gasteiger partial charge in [0.05, 0.1) is 0 Å². The molecule has 21 heavy (non-hydrogen) atoms. The number of rotatable bonds is 4. The minimum Gasteiger partial charge on any atom is -0.243 e. The molecule has 112 valence electrons. The van der Waals surface area contributed by atoms with Gasteiger partial charge in [-0.2, -0.15) is 4.31 Å². The molecule has 0 N–H and O–H groups in total. The molecule has 0 aliphatic carbocycles. The summed E-state index contributed by atoms with van der Waals surface area (Å²) in [5.41, 5.74) is 0.311. The summed E-state index contributed by atoms with van der Waals surface area (Å²) in [5, 5.41) is 0.207. The fraction of sp³-hybridized carbons (Fsp3) is 0.214. The molecule has 4 nitrogen and oxygen atoms in total. The zero-order valence-corrected chi connectivity index (χ0v) is 13.1. The second-order valence-corrected chi connectivity index (χ2v) is 6.92. The lowest BCUT2D eigenvalue weighted by Crippen LogP contribution is -2.30. The minimum absolute atomic E-state index is 0.0117. The van der Waals surface area contributed by atoms with Crippen LogP contribution < -0.4 is 0 Å². The summed E-state index contributed by atoms with van der Waals surface area (Å²) in [6.07, 6.45) is 1.18. The summed E-state index contributed by atoms with van der Waals surface area (Å²) in [7, 11) is -2.37. The van der Waals surface area contributed by atoms with Gasteiger partial charge in [-0.15, -0.1) is 0 Å². The number of benzene rings is 1. The van der Waals surface area contributed by atoms with Gasteiger partial charge in [0.25, 0.3) is 0 Å². The van der Waals surface area contributed by atoms with Crippen molar-refractivity contribution < 1.29 is 12.8 Å². The molecule has 0 amide bonds. The summed E-state index contributed by atoms with van der Waals surface area (Å²) >= 11 is 5.65. The predicted molar refractivity (Wildman–Crippen MR) is 79.0 cm³/mol. The van der Waals surface area contributed by atoms with Crippen molar-refractivity contribution in [1.82, 2.24) is 9.29 Å². The normalized spacial score (nSPS) is 13.4. The summed E-state index contributed by atoms with van der Waals surface area (Å²) < 4.78 is 39.9. The van der Waals surface area contributed by atoms with Gasteiger partial charge in [0, 0.05) is 24.8 Å². The molecular formula is C14H14ClFN2O2S. The Morgan fingerprint density at radius 1 is 1.24 bits per heavy atom. The molecule has 1 aromatic carbocycles. The first kappa shape index (κ1) is 15.9. The second kappa shape index (κ2) is 6.09. The fourth-order valence-corrected chi connectivity index (χ4v) is 3.30. The number of hydrogen-bond acceptors (Lipinski definition) is 3. The quantitative estimate of drug-likeness (QED) is 0.809. The van der Waals surface area contributed by atoms with Crippen molar-refractivity contribution in [2.45, 2.75) is 17.9 Å². The average molecular weight is 329 g/mol. The van der Waals surface area contributed by atoms with E-state index in [0.29, 0.717) is 5.56 Å². The molecule has 0 bridgehead atoms. The zero-order valence-electron chi connectivity index (χ0n) is 11.5. The van der Waals surface area contributed by atoms with Gasteiger partial charge < -0.3 is 0 Å². The number of halogens is 2. The third-order valence-corrected chi connectivity index (χ3v) is 5.41. The van der Waals surface area contributed by atoms with E-state index in [1.807, 2.05) is 0 Å². The van der Waals surface area contributed by atoms with Gasteiger partial charge in [0.2, 0.25) is 10.0 Å². The summed E-state index contributed by atoms with van der Waals surface area (Å²) in [6.45, 7) is 1.62. The van der Waals surface area contributed by atoms with Crippen LogP contribution in [0.3, 0.4) is 0 Å². The van der Waals surface area contributed by atoms with E-state index in [1.54, 1.807) is 25.1 Å². The molecule has 1 atom stereocenters. The molecule has 1 heterocycles. The smallest absolute Gasteiger partial charge is 0.243 e. The maximum atomic E-state index is 13.8. The number of hydrogen-bond donors (Lipinski definition) is 0. The Balaban J connectivity index is 2.36. The average Bonchev–Trinajstić information content (AvgIpc) is 2.46. The highest BCUT2D eigenvalue weighted by molar-refractivity contribution is 7.89. The third-order valence-electron chi connectivity index (χ3n) is 3.28. The first-order valence-electron chi connectivity index (χ1n) is 6.18. The molecule has 2 aromatic rings. The van der Waals surface area contributed by atoms with Crippen molar-refractivity contribution in [2.75, 3.05) is 7.05 Å². The lowest BCUT2D eigenvalue weighted by molar-refractivity contribution is 0.387. The van der Waals surface area contributed by atoms with E-state index in [1.165, 1.54) is 31.4 Å². The highest BCUT2D eigenvalue weighted by Gasteiger charge is 2.27. The second-order valence-electron chi connectivity index (χ2n) is 4.54. The molecule has 0 aliphatic rings. The van der Waals surface area contributed by atoms with E-state index in [9.17, 15) is 12.8 Å². The van der Waals surface area contributed by atoms with E-state index in [4.69, 9.17) is 11.6 Å². The van der Waals surface area contributed by atoms with Crippen molar-refractivity contribution in [3.05, 3.63) is 59.1 Å². The van der Waals surface area contributed by atoms with Crippen LogP contribution in [0.2, 0.25) is 5.15 Å². The minimum atomic E-state index is -3.77. The molecule has 0 radical (unpaired) electrons. The van der Waals surface area contributed by atoms with Crippen LogP contribution >= 0.6 is 11.6 Å². The summed E-state index contributed by atoms with van der Waals surface area (Å²) in [6, 6.07) is 8.21. The molecule has 0 saturated carbocycles. The van der Waals surface area contributed by atoms with E-state index in [-0.39, 0.29) is 10.0 Å². The first-order valence-corrected chi connectivity index (χ1v) is 8.00.